The third-order valence-corrected chi connectivity index (χ3v) is 3.22. The molecule has 116 valence electrons. The molecule has 0 heterocycles. The molecule has 2 N–H and O–H groups in total. The number of carbonyl (C=O) groups excluding carboxylic acids is 1. The minimum absolute atomic E-state index is 0.128. The van der Waals surface area contributed by atoms with Crippen molar-refractivity contribution < 1.29 is 9.53 Å². The maximum Gasteiger partial charge on any atom is 0.255 e. The zero-order valence-electron chi connectivity index (χ0n) is 13.0. The highest BCUT2D eigenvalue weighted by atomic mass is 16.5. The Morgan fingerprint density at radius 2 is 1.77 bits per heavy atom. The van der Waals surface area contributed by atoms with Crippen molar-refractivity contribution in [2.45, 2.75) is 19.9 Å². The van der Waals surface area contributed by atoms with Crippen molar-refractivity contribution in [3.05, 3.63) is 60.2 Å². The molecule has 0 spiro atoms. The SMILES string of the molecule is CCN[C@H](C)CNC(=O)c1ccccc1Oc1ccccc1. The number of ether oxygens (including phenoxy) is 1. The third kappa shape index (κ3) is 4.60. The van der Waals surface area contributed by atoms with Crippen LogP contribution in [0.25, 0.3) is 0 Å². The predicted molar refractivity (Wildman–Crippen MR) is 88.4 cm³/mol. The van der Waals surface area contributed by atoms with Crippen LogP contribution in [0.2, 0.25) is 0 Å². The standard InChI is InChI=1S/C18H22N2O2/c1-3-19-14(2)13-20-18(21)16-11-7-8-12-17(16)22-15-9-5-4-6-10-15/h4-12,14,19H,3,13H2,1-2H3,(H,20,21)/t14-/m1/s1. The van der Waals surface area contributed by atoms with Crippen LogP contribution in [-0.4, -0.2) is 25.0 Å². The van der Waals surface area contributed by atoms with Crippen LogP contribution in [0, 0.1) is 0 Å². The summed E-state index contributed by atoms with van der Waals surface area (Å²) < 4.78 is 5.81. The van der Waals surface area contributed by atoms with E-state index < -0.39 is 0 Å². The molecule has 4 heteroatoms. The normalized spacial score (nSPS) is 11.7. The Kier molecular flexibility index (Phi) is 5.98. The van der Waals surface area contributed by atoms with E-state index >= 15 is 0 Å². The van der Waals surface area contributed by atoms with Crippen molar-refractivity contribution in [2.24, 2.45) is 0 Å². The molecule has 0 radical (unpaired) electrons. The smallest absolute Gasteiger partial charge is 0.255 e. The minimum atomic E-state index is -0.128. The molecule has 4 nitrogen and oxygen atoms in total. The van der Waals surface area contributed by atoms with E-state index in [1.165, 1.54) is 0 Å². The maximum absolute atomic E-state index is 12.3. The zero-order valence-corrected chi connectivity index (χ0v) is 13.0. The van der Waals surface area contributed by atoms with Crippen LogP contribution in [0.3, 0.4) is 0 Å². The molecule has 0 aliphatic carbocycles. The van der Waals surface area contributed by atoms with Gasteiger partial charge in [-0.2, -0.15) is 0 Å². The van der Waals surface area contributed by atoms with Gasteiger partial charge in [0.2, 0.25) is 0 Å². The van der Waals surface area contributed by atoms with Crippen molar-refractivity contribution in [3.8, 4) is 11.5 Å². The first-order valence-corrected chi connectivity index (χ1v) is 7.54. The van der Waals surface area contributed by atoms with Gasteiger partial charge in [0.05, 0.1) is 5.56 Å². The Labute approximate surface area is 131 Å². The lowest BCUT2D eigenvalue weighted by atomic mass is 10.2. The summed E-state index contributed by atoms with van der Waals surface area (Å²) in [6, 6.07) is 16.9. The van der Waals surface area contributed by atoms with Gasteiger partial charge in [0.15, 0.2) is 0 Å². The van der Waals surface area contributed by atoms with Gasteiger partial charge >= 0.3 is 0 Å². The lowest BCUT2D eigenvalue weighted by Gasteiger charge is -2.15. The van der Waals surface area contributed by atoms with Gasteiger partial charge in [-0.3, -0.25) is 4.79 Å². The van der Waals surface area contributed by atoms with Crippen LogP contribution in [0.4, 0.5) is 0 Å². The van der Waals surface area contributed by atoms with Crippen LogP contribution in [0.1, 0.15) is 24.2 Å². The largest absolute Gasteiger partial charge is 0.457 e. The van der Waals surface area contributed by atoms with Crippen LogP contribution >= 0.6 is 0 Å². The van der Waals surface area contributed by atoms with E-state index in [1.54, 1.807) is 12.1 Å². The number of carbonyl (C=O) groups is 1. The number of nitrogens with one attached hydrogen (secondary N) is 2. The molecule has 0 saturated heterocycles. The molecule has 2 aromatic carbocycles. The number of amides is 1. The second-order valence-electron chi connectivity index (χ2n) is 5.08. The number of benzene rings is 2. The molecule has 0 unspecified atom stereocenters. The lowest BCUT2D eigenvalue weighted by Crippen LogP contribution is -2.38. The molecule has 1 amide bonds. The van der Waals surface area contributed by atoms with E-state index in [4.69, 9.17) is 4.74 Å². The number of rotatable bonds is 7. The number of para-hydroxylation sites is 2. The van der Waals surface area contributed by atoms with Gasteiger partial charge < -0.3 is 15.4 Å². The molecule has 2 rings (SSSR count). The zero-order chi connectivity index (χ0) is 15.8. The summed E-state index contributed by atoms with van der Waals surface area (Å²) in [6.07, 6.45) is 0. The van der Waals surface area contributed by atoms with Crippen LogP contribution in [0.15, 0.2) is 54.6 Å². The highest BCUT2D eigenvalue weighted by Crippen LogP contribution is 2.24. The Hall–Kier alpha value is -2.33. The predicted octanol–water partition coefficient (Wildman–Crippen LogP) is 3.21. The Morgan fingerprint density at radius 3 is 2.50 bits per heavy atom. The van der Waals surface area contributed by atoms with Gasteiger partial charge in [-0.05, 0) is 37.7 Å². The first-order valence-electron chi connectivity index (χ1n) is 7.54. The number of hydrogen-bond acceptors (Lipinski definition) is 3. The van der Waals surface area contributed by atoms with E-state index in [-0.39, 0.29) is 11.9 Å². The first kappa shape index (κ1) is 16.0. The average molecular weight is 298 g/mol. The monoisotopic (exact) mass is 298 g/mol. The summed E-state index contributed by atoms with van der Waals surface area (Å²) in [5.74, 6) is 1.14. The molecular weight excluding hydrogens is 276 g/mol. The van der Waals surface area contributed by atoms with Gasteiger partial charge in [0, 0.05) is 12.6 Å². The van der Waals surface area contributed by atoms with Gasteiger partial charge in [0.25, 0.3) is 5.91 Å². The topological polar surface area (TPSA) is 50.4 Å². The summed E-state index contributed by atoms with van der Waals surface area (Å²) in [4.78, 5) is 12.3. The second kappa shape index (κ2) is 8.20. The van der Waals surface area contributed by atoms with E-state index in [0.29, 0.717) is 23.6 Å². The van der Waals surface area contributed by atoms with E-state index in [2.05, 4.69) is 10.6 Å². The number of hydrogen-bond donors (Lipinski definition) is 2. The van der Waals surface area contributed by atoms with Crippen LogP contribution in [-0.2, 0) is 0 Å². The number of likely N-dealkylation sites (N-methyl/N-ethyl adjacent to an activating group) is 1. The minimum Gasteiger partial charge on any atom is -0.457 e. The average Bonchev–Trinajstić information content (AvgIpc) is 2.54. The van der Waals surface area contributed by atoms with Crippen molar-refractivity contribution in [1.29, 1.82) is 0 Å². The van der Waals surface area contributed by atoms with Crippen LogP contribution in [0.5, 0.6) is 11.5 Å². The molecule has 0 aliphatic rings. The van der Waals surface area contributed by atoms with Crippen molar-refractivity contribution in [2.75, 3.05) is 13.1 Å². The van der Waals surface area contributed by atoms with Crippen LogP contribution < -0.4 is 15.4 Å². The second-order valence-corrected chi connectivity index (χ2v) is 5.08. The Morgan fingerprint density at radius 1 is 1.09 bits per heavy atom. The summed E-state index contributed by atoms with van der Waals surface area (Å²) in [5, 5.41) is 6.19. The summed E-state index contributed by atoms with van der Waals surface area (Å²) in [5.41, 5.74) is 0.537. The van der Waals surface area contributed by atoms with Crippen molar-refractivity contribution in [3.63, 3.8) is 0 Å². The fourth-order valence-electron chi connectivity index (χ4n) is 2.12. The van der Waals surface area contributed by atoms with Gasteiger partial charge in [-0.15, -0.1) is 0 Å². The van der Waals surface area contributed by atoms with E-state index in [1.807, 2.05) is 56.3 Å². The third-order valence-electron chi connectivity index (χ3n) is 3.22. The Bertz CT molecular complexity index is 599. The fourth-order valence-corrected chi connectivity index (χ4v) is 2.12. The first-order chi connectivity index (χ1) is 10.7. The van der Waals surface area contributed by atoms with Gasteiger partial charge in [0.1, 0.15) is 11.5 Å². The Balaban J connectivity index is 2.06. The van der Waals surface area contributed by atoms with Crippen molar-refractivity contribution in [1.82, 2.24) is 10.6 Å². The van der Waals surface area contributed by atoms with Gasteiger partial charge in [-0.1, -0.05) is 37.3 Å². The summed E-state index contributed by atoms with van der Waals surface area (Å²) in [6.45, 7) is 5.54. The molecule has 1 atom stereocenters. The molecule has 0 aliphatic heterocycles. The van der Waals surface area contributed by atoms with E-state index in [0.717, 1.165) is 6.54 Å². The molecule has 0 saturated carbocycles. The quantitative estimate of drug-likeness (QED) is 0.825. The molecule has 0 aromatic heterocycles. The molecule has 0 bridgehead atoms. The summed E-state index contributed by atoms with van der Waals surface area (Å²) >= 11 is 0. The molecule has 2 aromatic rings. The fraction of sp³-hybridized carbons (Fsp3) is 0.278. The molecular formula is C18H22N2O2. The van der Waals surface area contributed by atoms with Gasteiger partial charge in [-0.25, -0.2) is 0 Å². The van der Waals surface area contributed by atoms with E-state index in [9.17, 15) is 4.79 Å². The van der Waals surface area contributed by atoms with Crippen molar-refractivity contribution >= 4 is 5.91 Å². The highest BCUT2D eigenvalue weighted by Gasteiger charge is 2.13. The molecule has 22 heavy (non-hydrogen) atoms. The maximum atomic E-state index is 12.3. The summed E-state index contributed by atoms with van der Waals surface area (Å²) in [7, 11) is 0. The highest BCUT2D eigenvalue weighted by molar-refractivity contribution is 5.97. The molecule has 0 fully saturated rings. The lowest BCUT2D eigenvalue weighted by molar-refractivity contribution is 0.0948.